The molecule has 6 aromatic rings. The van der Waals surface area contributed by atoms with Gasteiger partial charge in [0.1, 0.15) is 28.5 Å². The summed E-state index contributed by atoms with van der Waals surface area (Å²) in [7, 11) is 1.67. The van der Waals surface area contributed by atoms with Gasteiger partial charge in [-0.05, 0) is 55.0 Å². The van der Waals surface area contributed by atoms with Crippen molar-refractivity contribution < 1.29 is 9.84 Å². The Morgan fingerprint density at radius 2 is 1.90 bits per heavy atom. The molecule has 8 heterocycles. The molecule has 8 rings (SSSR count). The summed E-state index contributed by atoms with van der Waals surface area (Å²) in [5.41, 5.74) is 3.55. The van der Waals surface area contributed by atoms with E-state index < -0.39 is 0 Å². The second-order valence-electron chi connectivity index (χ2n) is 12.7. The maximum atomic E-state index is 13.7. The number of aliphatic hydroxyl groups excluding tert-OH is 1. The van der Waals surface area contributed by atoms with E-state index >= 15 is 0 Å². The van der Waals surface area contributed by atoms with Crippen molar-refractivity contribution in [1.82, 2.24) is 33.4 Å². The number of thiol groups is 1. The fourth-order valence-corrected chi connectivity index (χ4v) is 7.25. The molecule has 13 nitrogen and oxygen atoms in total. The van der Waals surface area contributed by atoms with E-state index in [1.54, 1.807) is 66.8 Å². The zero-order valence-electron chi connectivity index (χ0n) is 27.0. The summed E-state index contributed by atoms with van der Waals surface area (Å²) in [6.07, 6.45) is 10.1. The molecular formula is C35H35N9O4S. The monoisotopic (exact) mass is 677 g/mol. The molecule has 2 fully saturated rings. The Morgan fingerprint density at radius 1 is 1.04 bits per heavy atom. The van der Waals surface area contributed by atoms with E-state index in [9.17, 15) is 14.7 Å². The molecular weight excluding hydrogens is 643 g/mol. The van der Waals surface area contributed by atoms with Gasteiger partial charge in [-0.25, -0.2) is 15.0 Å². The van der Waals surface area contributed by atoms with Crippen LogP contribution in [-0.2, 0) is 18.4 Å². The van der Waals surface area contributed by atoms with Crippen LogP contribution in [0.3, 0.4) is 0 Å². The van der Waals surface area contributed by atoms with Gasteiger partial charge in [0.25, 0.3) is 11.1 Å². The maximum absolute atomic E-state index is 13.7. The molecule has 0 saturated carbocycles. The number of rotatable bonds is 7. The minimum absolute atomic E-state index is 0.246. The molecule has 0 bridgehead atoms. The molecule has 2 saturated heterocycles. The van der Waals surface area contributed by atoms with Gasteiger partial charge in [-0.1, -0.05) is 0 Å². The summed E-state index contributed by atoms with van der Waals surface area (Å²) in [5.74, 6) is 0.806. The zero-order chi connectivity index (χ0) is 33.9. The van der Waals surface area contributed by atoms with E-state index in [1.165, 1.54) is 9.13 Å². The van der Waals surface area contributed by atoms with E-state index in [0.29, 0.717) is 51.2 Å². The molecule has 0 aromatic carbocycles. The van der Waals surface area contributed by atoms with Crippen LogP contribution in [0.4, 0.5) is 17.2 Å². The lowest BCUT2D eigenvalue weighted by Gasteiger charge is -2.51. The first kappa shape index (κ1) is 31.3. The summed E-state index contributed by atoms with van der Waals surface area (Å²) in [4.78, 5) is 44.8. The van der Waals surface area contributed by atoms with Gasteiger partial charge in [-0.15, -0.1) is 0 Å². The Bertz CT molecular complexity index is 2330. The second kappa shape index (κ2) is 12.1. The third kappa shape index (κ3) is 5.46. The Morgan fingerprint density at radius 3 is 2.63 bits per heavy atom. The summed E-state index contributed by atoms with van der Waals surface area (Å²) in [6.45, 7) is 5.82. The van der Waals surface area contributed by atoms with Gasteiger partial charge in [0.15, 0.2) is 0 Å². The van der Waals surface area contributed by atoms with Crippen molar-refractivity contribution in [2.24, 2.45) is 7.05 Å². The molecule has 14 heteroatoms. The molecule has 2 N–H and O–H groups in total. The number of nitrogens with one attached hydrogen (secondary N) is 1. The summed E-state index contributed by atoms with van der Waals surface area (Å²) in [6, 6.07) is 13.3. The lowest BCUT2D eigenvalue weighted by Crippen LogP contribution is -2.63. The number of piperazine rings is 1. The van der Waals surface area contributed by atoms with Crippen molar-refractivity contribution in [3.63, 3.8) is 0 Å². The van der Waals surface area contributed by atoms with Gasteiger partial charge in [0.2, 0.25) is 0 Å². The number of hydrogen-bond acceptors (Lipinski definition) is 11. The molecule has 2 aliphatic heterocycles. The number of ether oxygens (including phenoxy) is 1. The van der Waals surface area contributed by atoms with Crippen LogP contribution in [0.25, 0.3) is 33.5 Å². The first-order valence-corrected chi connectivity index (χ1v) is 16.5. The number of aromatic nitrogens is 6. The Labute approximate surface area is 286 Å². The van der Waals surface area contributed by atoms with Crippen molar-refractivity contribution in [3.8, 4) is 16.9 Å². The molecule has 0 aliphatic carbocycles. The largest absolute Gasteiger partial charge is 0.392 e. The van der Waals surface area contributed by atoms with E-state index in [0.717, 1.165) is 43.9 Å². The number of nitrogens with zero attached hydrogens (tertiary/aromatic N) is 8. The van der Waals surface area contributed by atoms with Crippen molar-refractivity contribution in [1.29, 1.82) is 0 Å². The van der Waals surface area contributed by atoms with Crippen LogP contribution in [0.1, 0.15) is 12.5 Å². The first-order chi connectivity index (χ1) is 23.7. The van der Waals surface area contributed by atoms with E-state index in [1.807, 2.05) is 24.3 Å². The highest BCUT2D eigenvalue weighted by molar-refractivity contribution is 7.82. The van der Waals surface area contributed by atoms with Gasteiger partial charge in [0.05, 0.1) is 42.6 Å². The molecule has 49 heavy (non-hydrogen) atoms. The number of aryl methyl sites for hydroxylation is 1. The molecule has 0 spiro atoms. The average molecular weight is 678 g/mol. The molecule has 2 aliphatic rings. The fourth-order valence-electron chi connectivity index (χ4n) is 6.85. The molecule has 6 aromatic heterocycles. The normalized spacial score (nSPS) is 18.7. The Balaban J connectivity index is 1.09. The van der Waals surface area contributed by atoms with Crippen LogP contribution in [0.2, 0.25) is 0 Å². The zero-order valence-corrected chi connectivity index (χ0v) is 27.9. The number of aliphatic hydroxyl groups is 1. The third-order valence-electron chi connectivity index (χ3n) is 9.47. The average Bonchev–Trinajstić information content (AvgIpc) is 3.46. The molecule has 0 radical (unpaired) electrons. The third-order valence-corrected chi connectivity index (χ3v) is 9.85. The van der Waals surface area contributed by atoms with Crippen LogP contribution in [0, 0.1) is 0 Å². The number of anilines is 3. The van der Waals surface area contributed by atoms with Crippen LogP contribution >= 0.6 is 12.6 Å². The Kier molecular flexibility index (Phi) is 7.75. The van der Waals surface area contributed by atoms with Gasteiger partial charge >= 0.3 is 0 Å². The van der Waals surface area contributed by atoms with E-state index in [2.05, 4.69) is 37.0 Å². The smallest absolute Gasteiger partial charge is 0.280 e. The highest BCUT2D eigenvalue weighted by atomic mass is 32.1. The minimum Gasteiger partial charge on any atom is -0.392 e. The highest BCUT2D eigenvalue weighted by Gasteiger charge is 2.39. The first-order valence-electron chi connectivity index (χ1n) is 16.0. The topological polar surface area (TPSA) is 135 Å². The number of pyridine rings is 4. The number of fused-ring (bicyclic) bond motifs is 3. The summed E-state index contributed by atoms with van der Waals surface area (Å²) in [5, 5.41) is 14.6. The lowest BCUT2D eigenvalue weighted by molar-refractivity contribution is -0.0705. The quantitative estimate of drug-likeness (QED) is 0.216. The second-order valence-corrected chi connectivity index (χ2v) is 13.7. The van der Waals surface area contributed by atoms with Crippen molar-refractivity contribution in [2.45, 2.75) is 24.4 Å². The highest BCUT2D eigenvalue weighted by Crippen LogP contribution is 2.33. The van der Waals surface area contributed by atoms with Gasteiger partial charge in [-0.3, -0.25) is 23.5 Å². The fraction of sp³-hybridized carbons (Fsp3) is 0.286. The predicted octanol–water partition coefficient (Wildman–Crippen LogP) is 3.20. The minimum atomic E-state index is -0.387. The van der Waals surface area contributed by atoms with Crippen LogP contribution < -0.4 is 21.3 Å². The van der Waals surface area contributed by atoms with Gasteiger partial charge in [0, 0.05) is 74.2 Å². The lowest BCUT2D eigenvalue weighted by atomic mass is 10.0. The van der Waals surface area contributed by atoms with Crippen molar-refractivity contribution in [2.75, 3.05) is 43.1 Å². The van der Waals surface area contributed by atoms with E-state index in [-0.39, 0.29) is 22.6 Å². The molecule has 1 unspecified atom stereocenters. The predicted molar refractivity (Wildman–Crippen MR) is 191 cm³/mol. The van der Waals surface area contributed by atoms with Gasteiger partial charge in [-0.2, -0.15) is 12.6 Å². The molecule has 250 valence electrons. The van der Waals surface area contributed by atoms with Crippen LogP contribution in [-0.4, -0.2) is 82.3 Å². The van der Waals surface area contributed by atoms with Crippen LogP contribution in [0.5, 0.6) is 0 Å². The SMILES string of the molecule is Cn1cc(-c2ccnc(-n3ccn4c(cc5cccnc54)c3=O)c2CO)cc(Nc2ccc(N3CCN(C4COC4)CC3(C)S)cn2)c1=O. The van der Waals surface area contributed by atoms with E-state index in [4.69, 9.17) is 17.4 Å². The standard InChI is InChI=1S/C35H35N9O4S/c1-35(49)21-41(25-19-48-20-25)10-13-44(35)24-5-6-30(38-16-24)39-28-14-23(17-40(2)33(28)46)26-7-9-37-32(27(26)18-45)43-12-11-42-29(34(43)47)15-22-4-3-8-36-31(22)42/h3-9,11-12,14-17,25,45,49H,10,13,18-21H2,1-2H3,(H,38,39). The van der Waals surface area contributed by atoms with Crippen LogP contribution in [0.15, 0.2) is 89.2 Å². The Hall–Kier alpha value is -5.02. The van der Waals surface area contributed by atoms with Crippen molar-refractivity contribution >= 4 is 46.4 Å². The molecule has 0 amide bonds. The number of hydrogen-bond donors (Lipinski definition) is 3. The summed E-state index contributed by atoms with van der Waals surface area (Å²) >= 11 is 5.01. The maximum Gasteiger partial charge on any atom is 0.280 e. The van der Waals surface area contributed by atoms with Gasteiger partial charge < -0.3 is 24.6 Å². The summed E-state index contributed by atoms with van der Waals surface area (Å²) < 4.78 is 10.0. The molecule has 1 atom stereocenters. The van der Waals surface area contributed by atoms with Crippen molar-refractivity contribution in [3.05, 3.63) is 106 Å².